The normalized spacial score (nSPS) is 11.8. The fourth-order valence-corrected chi connectivity index (χ4v) is 4.08. The summed E-state index contributed by atoms with van der Waals surface area (Å²) in [4.78, 5) is 22.4. The van der Waals surface area contributed by atoms with Gasteiger partial charge in [-0.1, -0.05) is 103 Å². The van der Waals surface area contributed by atoms with E-state index in [4.69, 9.17) is 9.66 Å². The van der Waals surface area contributed by atoms with Crippen molar-refractivity contribution >= 4 is 22.0 Å². The van der Waals surface area contributed by atoms with Gasteiger partial charge < -0.3 is 10.4 Å². The number of carboxylic acids is 1. The second kappa shape index (κ2) is 25.0. The summed E-state index contributed by atoms with van der Waals surface area (Å²) < 4.78 is 30.7. The van der Waals surface area contributed by atoms with Gasteiger partial charge in [-0.2, -0.15) is 8.42 Å². The fraction of sp³-hybridized carbons (Fsp3) is 0.909. The molecular formula is C22H43NNa2O6S+2. The third-order valence-corrected chi connectivity index (χ3v) is 6.45. The van der Waals surface area contributed by atoms with E-state index in [2.05, 4.69) is 12.2 Å². The molecule has 3 N–H and O–H groups in total. The standard InChI is InChI=1S/C22H43NO6S.2Na/c1-2-3-4-5-6-7-8-9-10-11-12-13-14-15-16-17-18-23-21(24)19-20(22(25)26)30(27,28)29;;/h20H,2-19H2,1H3,(H,23,24)(H,25,26)(H,27,28,29);;/q;2*+1. The van der Waals surface area contributed by atoms with Crippen LogP contribution in [0, 0.1) is 0 Å². The molecule has 0 radical (unpaired) electrons. The Kier molecular flexibility index (Phi) is 29.2. The maximum Gasteiger partial charge on any atom is 1.00 e. The van der Waals surface area contributed by atoms with Crippen LogP contribution in [0.2, 0.25) is 0 Å². The number of carbonyl (C=O) groups excluding carboxylic acids is 1. The van der Waals surface area contributed by atoms with Gasteiger partial charge in [-0.15, -0.1) is 0 Å². The molecular weight excluding hydrogens is 452 g/mol. The molecule has 0 spiro atoms. The second-order valence-corrected chi connectivity index (χ2v) is 9.80. The van der Waals surface area contributed by atoms with Crippen LogP contribution in [0.1, 0.15) is 116 Å². The van der Waals surface area contributed by atoms with E-state index in [0.29, 0.717) is 6.54 Å². The molecule has 0 saturated carbocycles. The summed E-state index contributed by atoms with van der Waals surface area (Å²) in [5.41, 5.74) is 0. The molecule has 10 heteroatoms. The zero-order valence-electron chi connectivity index (χ0n) is 20.7. The molecule has 0 fully saturated rings. The molecule has 0 aromatic carbocycles. The van der Waals surface area contributed by atoms with Gasteiger partial charge in [-0.05, 0) is 6.42 Å². The number of amides is 1. The van der Waals surface area contributed by atoms with Gasteiger partial charge in [0, 0.05) is 6.54 Å². The maximum absolute atomic E-state index is 11.6. The van der Waals surface area contributed by atoms with E-state index in [1.54, 1.807) is 0 Å². The fourth-order valence-electron chi connectivity index (χ4n) is 3.46. The number of nitrogens with one attached hydrogen (secondary N) is 1. The minimum atomic E-state index is -4.78. The smallest absolute Gasteiger partial charge is 0.480 e. The van der Waals surface area contributed by atoms with Crippen molar-refractivity contribution in [2.75, 3.05) is 6.54 Å². The topological polar surface area (TPSA) is 121 Å². The summed E-state index contributed by atoms with van der Waals surface area (Å²) >= 11 is 0. The number of unbranched alkanes of at least 4 members (excludes halogenated alkanes) is 15. The number of rotatable bonds is 21. The van der Waals surface area contributed by atoms with Gasteiger partial charge >= 0.3 is 65.1 Å². The first-order chi connectivity index (χ1) is 14.3. The third-order valence-electron chi connectivity index (χ3n) is 5.36. The van der Waals surface area contributed by atoms with E-state index in [0.717, 1.165) is 19.3 Å². The molecule has 7 nitrogen and oxygen atoms in total. The van der Waals surface area contributed by atoms with Crippen LogP contribution >= 0.6 is 0 Å². The summed E-state index contributed by atoms with van der Waals surface area (Å²) in [5.74, 6) is -2.41. The zero-order chi connectivity index (χ0) is 22.7. The molecule has 0 rings (SSSR count). The summed E-state index contributed by atoms with van der Waals surface area (Å²) in [6.07, 6.45) is 19.4. The number of aliphatic carboxylic acids is 1. The van der Waals surface area contributed by atoms with Gasteiger partial charge in [0.2, 0.25) is 5.91 Å². The van der Waals surface area contributed by atoms with E-state index in [9.17, 15) is 18.0 Å². The van der Waals surface area contributed by atoms with Crippen LogP contribution in [-0.4, -0.2) is 41.7 Å². The first kappa shape index (κ1) is 37.4. The minimum absolute atomic E-state index is 0. The van der Waals surface area contributed by atoms with Crippen molar-refractivity contribution in [1.82, 2.24) is 5.32 Å². The quantitative estimate of drug-likeness (QED) is 0.108. The van der Waals surface area contributed by atoms with Crippen LogP contribution in [0.5, 0.6) is 0 Å². The Morgan fingerprint density at radius 1 is 0.719 bits per heavy atom. The van der Waals surface area contributed by atoms with E-state index >= 15 is 0 Å². The summed E-state index contributed by atoms with van der Waals surface area (Å²) in [6, 6.07) is 0. The number of carboxylic acid groups (broad SMARTS) is 1. The van der Waals surface area contributed by atoms with Gasteiger partial charge in [0.05, 0.1) is 6.42 Å². The Labute approximate surface area is 240 Å². The Hall–Kier alpha value is 0.850. The van der Waals surface area contributed by atoms with Gasteiger partial charge in [0.15, 0.2) is 5.25 Å². The number of carbonyl (C=O) groups is 2. The predicted octanol–water partition coefficient (Wildman–Crippen LogP) is -0.897. The molecule has 0 aliphatic heterocycles. The first-order valence-electron chi connectivity index (χ1n) is 11.7. The number of hydrogen-bond acceptors (Lipinski definition) is 4. The average Bonchev–Trinajstić information content (AvgIpc) is 2.67. The molecule has 1 unspecified atom stereocenters. The Bertz CT molecular complexity index is 561. The van der Waals surface area contributed by atoms with Gasteiger partial charge in [-0.25, -0.2) is 0 Å². The third kappa shape index (κ3) is 24.0. The molecule has 178 valence electrons. The van der Waals surface area contributed by atoms with Crippen LogP contribution in [0.3, 0.4) is 0 Å². The van der Waals surface area contributed by atoms with E-state index in [1.165, 1.54) is 83.5 Å². The molecule has 0 bridgehead atoms. The van der Waals surface area contributed by atoms with Crippen LogP contribution in [0.4, 0.5) is 0 Å². The van der Waals surface area contributed by atoms with Crippen molar-refractivity contribution in [2.45, 2.75) is 121 Å². The van der Waals surface area contributed by atoms with Crippen LogP contribution in [0.25, 0.3) is 0 Å². The van der Waals surface area contributed by atoms with E-state index in [1.807, 2.05) is 0 Å². The van der Waals surface area contributed by atoms with Crippen molar-refractivity contribution in [3.8, 4) is 0 Å². The molecule has 0 aromatic rings. The molecule has 0 heterocycles. The molecule has 0 aliphatic rings. The molecule has 0 aliphatic carbocycles. The van der Waals surface area contributed by atoms with Gasteiger partial charge in [0.1, 0.15) is 0 Å². The molecule has 0 saturated heterocycles. The van der Waals surface area contributed by atoms with Gasteiger partial charge in [0.25, 0.3) is 10.1 Å². The Balaban J connectivity index is -0.00000420. The van der Waals surface area contributed by atoms with Crippen molar-refractivity contribution in [3.63, 3.8) is 0 Å². The molecule has 0 aromatic heterocycles. The minimum Gasteiger partial charge on any atom is -0.480 e. The van der Waals surface area contributed by atoms with Gasteiger partial charge in [-0.3, -0.25) is 14.1 Å². The average molecular weight is 496 g/mol. The summed E-state index contributed by atoms with van der Waals surface area (Å²) in [6.45, 7) is 2.63. The molecule has 1 atom stereocenters. The Morgan fingerprint density at radius 2 is 1.06 bits per heavy atom. The Morgan fingerprint density at radius 3 is 1.38 bits per heavy atom. The van der Waals surface area contributed by atoms with Crippen molar-refractivity contribution in [3.05, 3.63) is 0 Å². The first-order valence-corrected chi connectivity index (χ1v) is 13.2. The van der Waals surface area contributed by atoms with Crippen molar-refractivity contribution in [1.29, 1.82) is 0 Å². The van der Waals surface area contributed by atoms with Crippen molar-refractivity contribution in [2.24, 2.45) is 0 Å². The number of hydrogen-bond donors (Lipinski definition) is 3. The zero-order valence-corrected chi connectivity index (χ0v) is 25.6. The summed E-state index contributed by atoms with van der Waals surface area (Å²) in [7, 11) is -4.78. The van der Waals surface area contributed by atoms with Crippen LogP contribution < -0.4 is 64.4 Å². The monoisotopic (exact) mass is 495 g/mol. The molecule has 32 heavy (non-hydrogen) atoms. The second-order valence-electron chi connectivity index (χ2n) is 8.20. The predicted molar refractivity (Wildman–Crippen MR) is 120 cm³/mol. The van der Waals surface area contributed by atoms with Crippen molar-refractivity contribution < 1.29 is 86.8 Å². The van der Waals surface area contributed by atoms with E-state index in [-0.39, 0.29) is 59.1 Å². The van der Waals surface area contributed by atoms with Crippen LogP contribution in [0.15, 0.2) is 0 Å². The van der Waals surface area contributed by atoms with E-state index < -0.39 is 33.7 Å². The maximum atomic E-state index is 11.6. The molecule has 1 amide bonds. The SMILES string of the molecule is CCCCCCCCCCCCCCCCCCNC(=O)CC(C(=O)O)S(=O)(=O)O.[Na+].[Na+]. The van der Waals surface area contributed by atoms with Crippen LogP contribution in [-0.2, 0) is 19.7 Å². The summed E-state index contributed by atoms with van der Waals surface area (Å²) in [5, 5.41) is 9.16. The largest absolute Gasteiger partial charge is 1.00 e.